The van der Waals surface area contributed by atoms with Crippen LogP contribution in [0.25, 0.3) is 0 Å². The van der Waals surface area contributed by atoms with Crippen LogP contribution in [0.1, 0.15) is 28.9 Å². The average Bonchev–Trinajstić information content (AvgIpc) is 2.59. The predicted octanol–water partition coefficient (Wildman–Crippen LogP) is 4.57. The van der Waals surface area contributed by atoms with Gasteiger partial charge in [0.2, 0.25) is 0 Å². The van der Waals surface area contributed by atoms with E-state index in [1.54, 1.807) is 0 Å². The van der Waals surface area contributed by atoms with Crippen LogP contribution in [0, 0.1) is 0 Å². The zero-order chi connectivity index (χ0) is 12.0. The SMILES string of the molecule is O=C(NCCCCCBr)c1cc(Br)c(Br)s1. The fraction of sp³-hybridized carbons (Fsp3) is 0.500. The van der Waals surface area contributed by atoms with E-state index in [9.17, 15) is 4.79 Å². The van der Waals surface area contributed by atoms with Gasteiger partial charge >= 0.3 is 0 Å². The summed E-state index contributed by atoms with van der Waals surface area (Å²) in [6, 6.07) is 1.84. The lowest BCUT2D eigenvalue weighted by Crippen LogP contribution is -2.23. The number of alkyl halides is 1. The van der Waals surface area contributed by atoms with E-state index in [1.807, 2.05) is 6.07 Å². The molecule has 0 fully saturated rings. The number of hydrogen-bond acceptors (Lipinski definition) is 2. The van der Waals surface area contributed by atoms with Crippen molar-refractivity contribution in [2.75, 3.05) is 11.9 Å². The van der Waals surface area contributed by atoms with Crippen molar-refractivity contribution in [2.24, 2.45) is 0 Å². The highest BCUT2D eigenvalue weighted by molar-refractivity contribution is 9.13. The van der Waals surface area contributed by atoms with Crippen LogP contribution in [0.5, 0.6) is 0 Å². The van der Waals surface area contributed by atoms with E-state index in [0.29, 0.717) is 0 Å². The lowest BCUT2D eigenvalue weighted by molar-refractivity contribution is 0.0957. The first-order valence-electron chi connectivity index (χ1n) is 4.94. The van der Waals surface area contributed by atoms with Crippen molar-refractivity contribution < 1.29 is 4.79 Å². The van der Waals surface area contributed by atoms with Crippen LogP contribution in [-0.4, -0.2) is 17.8 Å². The third-order valence-corrected chi connectivity index (χ3v) is 5.78. The maximum Gasteiger partial charge on any atom is 0.261 e. The molecule has 90 valence electrons. The van der Waals surface area contributed by atoms with Crippen molar-refractivity contribution in [3.63, 3.8) is 0 Å². The van der Waals surface area contributed by atoms with E-state index < -0.39 is 0 Å². The van der Waals surface area contributed by atoms with Crippen LogP contribution in [0.15, 0.2) is 14.3 Å². The van der Waals surface area contributed by atoms with Gasteiger partial charge in [-0.1, -0.05) is 22.4 Å². The molecule has 0 saturated carbocycles. The molecule has 0 aliphatic heterocycles. The molecule has 1 heterocycles. The van der Waals surface area contributed by atoms with Gasteiger partial charge in [0.1, 0.15) is 0 Å². The molecular weight excluding hydrogens is 422 g/mol. The molecule has 0 aromatic carbocycles. The fourth-order valence-electron chi connectivity index (χ4n) is 1.14. The summed E-state index contributed by atoms with van der Waals surface area (Å²) in [6.07, 6.45) is 3.33. The number of thiophene rings is 1. The second kappa shape index (κ2) is 7.84. The van der Waals surface area contributed by atoms with Gasteiger partial charge in [0.15, 0.2) is 0 Å². The number of hydrogen-bond donors (Lipinski definition) is 1. The quantitative estimate of drug-likeness (QED) is 0.516. The molecule has 1 amide bonds. The van der Waals surface area contributed by atoms with Crippen LogP contribution >= 0.6 is 59.1 Å². The Kier molecular flexibility index (Phi) is 7.19. The van der Waals surface area contributed by atoms with Crippen LogP contribution < -0.4 is 5.32 Å². The summed E-state index contributed by atoms with van der Waals surface area (Å²) in [6.45, 7) is 0.749. The Bertz CT molecular complexity index is 334. The first kappa shape index (κ1) is 14.7. The van der Waals surface area contributed by atoms with Gasteiger partial charge in [-0.2, -0.15) is 0 Å². The van der Waals surface area contributed by atoms with Gasteiger partial charge < -0.3 is 5.32 Å². The van der Waals surface area contributed by atoms with Crippen LogP contribution in [0.4, 0.5) is 0 Å². The van der Waals surface area contributed by atoms with Gasteiger partial charge in [0.25, 0.3) is 5.91 Å². The maximum absolute atomic E-state index is 11.7. The normalized spacial score (nSPS) is 10.4. The summed E-state index contributed by atoms with van der Waals surface area (Å²) >= 11 is 11.6. The second-order valence-electron chi connectivity index (χ2n) is 3.24. The highest BCUT2D eigenvalue weighted by Gasteiger charge is 2.10. The number of nitrogens with one attached hydrogen (secondary N) is 1. The summed E-state index contributed by atoms with van der Waals surface area (Å²) in [4.78, 5) is 12.4. The van der Waals surface area contributed by atoms with Crippen molar-refractivity contribution in [3.05, 3.63) is 19.2 Å². The Hall–Kier alpha value is 0.610. The fourth-order valence-corrected chi connectivity index (χ4v) is 3.49. The monoisotopic (exact) mass is 431 g/mol. The van der Waals surface area contributed by atoms with E-state index in [4.69, 9.17) is 0 Å². The number of rotatable bonds is 6. The average molecular weight is 434 g/mol. The van der Waals surface area contributed by atoms with Gasteiger partial charge in [-0.05, 0) is 50.8 Å². The summed E-state index contributed by atoms with van der Waals surface area (Å²) in [5, 5.41) is 3.95. The highest BCUT2D eigenvalue weighted by atomic mass is 79.9. The Morgan fingerprint density at radius 1 is 1.31 bits per heavy atom. The number of amides is 1. The number of carbonyl (C=O) groups is 1. The molecule has 6 heteroatoms. The Labute approximate surface area is 125 Å². The Morgan fingerprint density at radius 3 is 2.62 bits per heavy atom. The molecule has 0 radical (unpaired) electrons. The smallest absolute Gasteiger partial charge is 0.261 e. The standard InChI is InChI=1S/C10H12Br3NOS/c11-4-2-1-3-5-14-10(15)8-6-7(12)9(13)16-8/h6H,1-5H2,(H,14,15). The van der Waals surface area contributed by atoms with Gasteiger partial charge in [-0.15, -0.1) is 11.3 Å². The molecule has 0 aliphatic rings. The Morgan fingerprint density at radius 2 is 2.06 bits per heavy atom. The molecule has 2 nitrogen and oxygen atoms in total. The first-order chi connectivity index (χ1) is 7.65. The highest BCUT2D eigenvalue weighted by Crippen LogP contribution is 2.32. The van der Waals surface area contributed by atoms with E-state index >= 15 is 0 Å². The van der Waals surface area contributed by atoms with Gasteiger partial charge in [0, 0.05) is 16.3 Å². The van der Waals surface area contributed by atoms with E-state index in [0.717, 1.165) is 44.3 Å². The number of carbonyl (C=O) groups excluding carboxylic acids is 1. The molecule has 0 unspecified atom stereocenters. The lowest BCUT2D eigenvalue weighted by Gasteiger charge is -2.02. The summed E-state index contributed by atoms with van der Waals surface area (Å²) in [7, 11) is 0. The lowest BCUT2D eigenvalue weighted by atomic mass is 10.2. The number of halogens is 3. The topological polar surface area (TPSA) is 29.1 Å². The zero-order valence-corrected chi connectivity index (χ0v) is 14.1. The zero-order valence-electron chi connectivity index (χ0n) is 8.56. The molecule has 1 aromatic heterocycles. The largest absolute Gasteiger partial charge is 0.351 e. The van der Waals surface area contributed by atoms with Crippen molar-refractivity contribution in [3.8, 4) is 0 Å². The van der Waals surface area contributed by atoms with Crippen molar-refractivity contribution in [1.82, 2.24) is 5.32 Å². The van der Waals surface area contributed by atoms with Crippen LogP contribution in [0.2, 0.25) is 0 Å². The molecule has 0 bridgehead atoms. The van der Waals surface area contributed by atoms with Crippen LogP contribution in [0.3, 0.4) is 0 Å². The van der Waals surface area contributed by atoms with Gasteiger partial charge in [-0.3, -0.25) is 4.79 Å². The molecule has 0 atom stereocenters. The minimum atomic E-state index is 0.00948. The maximum atomic E-state index is 11.7. The second-order valence-corrected chi connectivity index (χ2v) is 7.26. The summed E-state index contributed by atoms with van der Waals surface area (Å²) < 4.78 is 1.89. The predicted molar refractivity (Wildman–Crippen MR) is 79.7 cm³/mol. The summed E-state index contributed by atoms with van der Waals surface area (Å²) in [5.74, 6) is 0.00948. The Balaban J connectivity index is 2.30. The van der Waals surface area contributed by atoms with E-state index in [1.165, 1.54) is 11.3 Å². The van der Waals surface area contributed by atoms with Crippen LogP contribution in [-0.2, 0) is 0 Å². The molecule has 16 heavy (non-hydrogen) atoms. The third kappa shape index (κ3) is 4.85. The summed E-state index contributed by atoms with van der Waals surface area (Å²) in [5.41, 5.74) is 0. The minimum Gasteiger partial charge on any atom is -0.351 e. The van der Waals surface area contributed by atoms with Crippen molar-refractivity contribution in [2.45, 2.75) is 19.3 Å². The molecule has 1 N–H and O–H groups in total. The molecule has 0 saturated heterocycles. The third-order valence-electron chi connectivity index (χ3n) is 1.96. The molecule has 1 rings (SSSR count). The van der Waals surface area contributed by atoms with Gasteiger partial charge in [0.05, 0.1) is 8.66 Å². The van der Waals surface area contributed by atoms with E-state index in [-0.39, 0.29) is 5.91 Å². The van der Waals surface area contributed by atoms with Crippen molar-refractivity contribution in [1.29, 1.82) is 0 Å². The van der Waals surface area contributed by atoms with E-state index in [2.05, 4.69) is 53.1 Å². The molecule has 0 spiro atoms. The van der Waals surface area contributed by atoms with Gasteiger partial charge in [-0.25, -0.2) is 0 Å². The molecular formula is C10H12Br3NOS. The molecule has 1 aromatic rings. The minimum absolute atomic E-state index is 0.00948. The first-order valence-corrected chi connectivity index (χ1v) is 8.46. The molecule has 0 aliphatic carbocycles. The van der Waals surface area contributed by atoms with Crippen molar-refractivity contribution >= 4 is 65.0 Å². The number of unbranched alkanes of at least 4 members (excludes halogenated alkanes) is 2.